The molecule has 4 saturated carbocycles. The van der Waals surface area contributed by atoms with Gasteiger partial charge in [-0.3, -0.25) is 4.79 Å². The largest absolute Gasteiger partial charge is 0.294 e. The molecule has 0 aromatic heterocycles. The van der Waals surface area contributed by atoms with Crippen LogP contribution in [0.3, 0.4) is 0 Å². The number of ketones is 1. The second-order valence-electron chi connectivity index (χ2n) is 10.3. The van der Waals surface area contributed by atoms with Crippen molar-refractivity contribution >= 4 is 5.78 Å². The first kappa shape index (κ1) is 16.9. The number of fused-ring (bicyclic) bond motifs is 5. The zero-order valence-electron chi connectivity index (χ0n) is 16.2. The highest BCUT2D eigenvalue weighted by Gasteiger charge is 2.60. The summed E-state index contributed by atoms with van der Waals surface area (Å²) in [6.07, 6.45) is 14.5. The van der Waals surface area contributed by atoms with Gasteiger partial charge in [0.25, 0.3) is 0 Å². The molecule has 0 spiro atoms. The van der Waals surface area contributed by atoms with Crippen molar-refractivity contribution in [2.75, 3.05) is 0 Å². The van der Waals surface area contributed by atoms with Gasteiger partial charge in [0.05, 0.1) is 0 Å². The monoisotopic (exact) mass is 328 g/mol. The number of carbonyl (C=O) groups excluding carboxylic acids is 1. The van der Waals surface area contributed by atoms with Gasteiger partial charge in [0, 0.05) is 5.41 Å². The Kier molecular flexibility index (Phi) is 4.01. The number of allylic oxidation sites excluding steroid dienone is 2. The quantitative estimate of drug-likeness (QED) is 0.525. The Morgan fingerprint density at radius 2 is 1.79 bits per heavy atom. The predicted molar refractivity (Wildman–Crippen MR) is 99.7 cm³/mol. The summed E-state index contributed by atoms with van der Waals surface area (Å²) in [6.45, 7) is 9.36. The van der Waals surface area contributed by atoms with E-state index in [1.807, 2.05) is 0 Å². The van der Waals surface area contributed by atoms with Crippen molar-refractivity contribution < 1.29 is 4.79 Å². The van der Waals surface area contributed by atoms with Crippen LogP contribution >= 0.6 is 0 Å². The number of hydrogen-bond donors (Lipinski definition) is 0. The second-order valence-corrected chi connectivity index (χ2v) is 10.3. The van der Waals surface area contributed by atoms with E-state index in [0.29, 0.717) is 23.0 Å². The van der Waals surface area contributed by atoms with Gasteiger partial charge in [-0.25, -0.2) is 0 Å². The van der Waals surface area contributed by atoms with Gasteiger partial charge in [0.2, 0.25) is 0 Å². The van der Waals surface area contributed by atoms with Crippen molar-refractivity contribution in [1.29, 1.82) is 0 Å². The molecule has 0 bridgehead atoms. The van der Waals surface area contributed by atoms with Gasteiger partial charge in [-0.1, -0.05) is 46.6 Å². The summed E-state index contributed by atoms with van der Waals surface area (Å²) in [5.41, 5.74) is 1.71. The average molecular weight is 329 g/mol. The van der Waals surface area contributed by atoms with E-state index < -0.39 is 0 Å². The topological polar surface area (TPSA) is 17.1 Å². The van der Waals surface area contributed by atoms with Crippen LogP contribution in [0.25, 0.3) is 0 Å². The average Bonchev–Trinajstić information content (AvgIpc) is 2.78. The molecule has 24 heavy (non-hydrogen) atoms. The van der Waals surface area contributed by atoms with Crippen LogP contribution in [0.5, 0.6) is 0 Å². The number of rotatable bonds is 1. The summed E-state index contributed by atoms with van der Waals surface area (Å²) in [5.74, 6) is 4.31. The normalized spacial score (nSPS) is 49.9. The first-order valence-corrected chi connectivity index (χ1v) is 10.6. The van der Waals surface area contributed by atoms with Gasteiger partial charge in [-0.2, -0.15) is 0 Å². The Bertz CT molecular complexity index is 558. The van der Waals surface area contributed by atoms with Gasteiger partial charge in [-0.05, 0) is 85.5 Å². The molecule has 1 nitrogen and oxygen atoms in total. The van der Waals surface area contributed by atoms with Crippen molar-refractivity contribution in [2.24, 2.45) is 40.4 Å². The number of carbonyl (C=O) groups is 1. The predicted octanol–water partition coefficient (Wildman–Crippen LogP) is 6.18. The Morgan fingerprint density at radius 1 is 1.00 bits per heavy atom. The summed E-state index contributed by atoms with van der Waals surface area (Å²) in [6, 6.07) is 0. The van der Waals surface area contributed by atoms with E-state index in [1.165, 1.54) is 50.5 Å². The molecular weight excluding hydrogens is 292 g/mol. The van der Waals surface area contributed by atoms with Crippen molar-refractivity contribution in [3.63, 3.8) is 0 Å². The zero-order valence-corrected chi connectivity index (χ0v) is 16.2. The minimum Gasteiger partial charge on any atom is -0.294 e. The summed E-state index contributed by atoms with van der Waals surface area (Å²) in [5, 5.41) is 0. The third-order valence-electron chi connectivity index (χ3n) is 8.76. The molecule has 4 rings (SSSR count). The van der Waals surface area contributed by atoms with Crippen LogP contribution in [0.15, 0.2) is 11.6 Å². The molecule has 0 radical (unpaired) electrons. The van der Waals surface area contributed by atoms with Crippen LogP contribution in [0, 0.1) is 40.4 Å². The third kappa shape index (κ3) is 2.29. The fourth-order valence-electron chi connectivity index (χ4n) is 7.52. The molecule has 0 aliphatic heterocycles. The standard InChI is InChI=1S/C23H36O/c1-15(2)13-16-14-20-18-9-8-17-7-5-6-11-22(17,3)19(18)10-12-23(20,4)21(16)24/h13,15,17-20H,5-12,14H2,1-4H3/b16-13+/t17?,18?,19?,20?,22-,23-/m1/s1. The molecular formula is C23H36O. The van der Waals surface area contributed by atoms with Crippen LogP contribution in [0.1, 0.15) is 85.5 Å². The van der Waals surface area contributed by atoms with Crippen molar-refractivity contribution in [3.05, 3.63) is 11.6 Å². The Labute approximate surface area is 148 Å². The van der Waals surface area contributed by atoms with Gasteiger partial charge < -0.3 is 0 Å². The van der Waals surface area contributed by atoms with Gasteiger partial charge in [0.15, 0.2) is 5.78 Å². The molecule has 0 heterocycles. The Balaban J connectivity index is 1.65. The summed E-state index contributed by atoms with van der Waals surface area (Å²) < 4.78 is 0. The maximum absolute atomic E-state index is 13.2. The van der Waals surface area contributed by atoms with Crippen LogP contribution in [0.2, 0.25) is 0 Å². The Morgan fingerprint density at radius 3 is 2.54 bits per heavy atom. The lowest BCUT2D eigenvalue weighted by atomic mass is 9.45. The van der Waals surface area contributed by atoms with E-state index in [9.17, 15) is 4.79 Å². The van der Waals surface area contributed by atoms with E-state index in [-0.39, 0.29) is 5.41 Å². The molecule has 0 aromatic carbocycles. The maximum Gasteiger partial charge on any atom is 0.164 e. The second kappa shape index (κ2) is 5.71. The minimum absolute atomic E-state index is 0.0419. The molecule has 134 valence electrons. The fourth-order valence-corrected chi connectivity index (χ4v) is 7.52. The first-order chi connectivity index (χ1) is 11.4. The maximum atomic E-state index is 13.2. The van der Waals surface area contributed by atoms with Gasteiger partial charge in [-0.15, -0.1) is 0 Å². The van der Waals surface area contributed by atoms with Crippen LogP contribution in [-0.2, 0) is 4.79 Å². The van der Waals surface area contributed by atoms with E-state index in [1.54, 1.807) is 0 Å². The molecule has 1 heteroatoms. The summed E-state index contributed by atoms with van der Waals surface area (Å²) in [4.78, 5) is 13.2. The van der Waals surface area contributed by atoms with E-state index in [0.717, 1.165) is 30.6 Å². The fraction of sp³-hybridized carbons (Fsp3) is 0.870. The van der Waals surface area contributed by atoms with Gasteiger partial charge in [0.1, 0.15) is 0 Å². The lowest BCUT2D eigenvalue weighted by Gasteiger charge is -2.59. The van der Waals surface area contributed by atoms with Gasteiger partial charge >= 0.3 is 0 Å². The molecule has 6 atom stereocenters. The molecule has 0 saturated heterocycles. The summed E-state index contributed by atoms with van der Waals surface area (Å²) >= 11 is 0. The van der Waals surface area contributed by atoms with Crippen molar-refractivity contribution in [2.45, 2.75) is 85.5 Å². The molecule has 4 unspecified atom stereocenters. The molecule has 4 aliphatic rings. The molecule has 0 amide bonds. The zero-order chi connectivity index (χ0) is 17.1. The minimum atomic E-state index is -0.0419. The molecule has 0 aromatic rings. The Hall–Kier alpha value is -0.590. The van der Waals surface area contributed by atoms with E-state index in [4.69, 9.17) is 0 Å². The lowest BCUT2D eigenvalue weighted by molar-refractivity contribution is -0.137. The molecule has 0 N–H and O–H groups in total. The van der Waals surface area contributed by atoms with Crippen LogP contribution in [-0.4, -0.2) is 5.78 Å². The van der Waals surface area contributed by atoms with Crippen molar-refractivity contribution in [3.8, 4) is 0 Å². The first-order valence-electron chi connectivity index (χ1n) is 10.6. The highest BCUT2D eigenvalue weighted by molar-refractivity contribution is 6.02. The van der Waals surface area contributed by atoms with E-state index >= 15 is 0 Å². The van der Waals surface area contributed by atoms with Crippen molar-refractivity contribution in [1.82, 2.24) is 0 Å². The summed E-state index contributed by atoms with van der Waals surface area (Å²) in [7, 11) is 0. The van der Waals surface area contributed by atoms with E-state index in [2.05, 4.69) is 33.8 Å². The highest BCUT2D eigenvalue weighted by Crippen LogP contribution is 2.66. The highest BCUT2D eigenvalue weighted by atomic mass is 16.1. The smallest absolute Gasteiger partial charge is 0.164 e. The SMILES string of the molecule is CC(C)/C=C1\CC2C3CCC4CCCC[C@@]4(C)C3CC[C@@]2(C)C1=O. The number of Topliss-reactive ketones (excluding diaryl/α,β-unsaturated/α-hetero) is 1. The third-order valence-corrected chi connectivity index (χ3v) is 8.76. The van der Waals surface area contributed by atoms with Crippen LogP contribution in [0.4, 0.5) is 0 Å². The van der Waals surface area contributed by atoms with Crippen LogP contribution < -0.4 is 0 Å². The molecule has 4 fully saturated rings. The number of hydrogen-bond acceptors (Lipinski definition) is 1. The lowest BCUT2D eigenvalue weighted by Crippen LogP contribution is -2.52. The molecule has 4 aliphatic carbocycles.